The van der Waals surface area contributed by atoms with Crippen molar-refractivity contribution in [2.45, 2.75) is 127 Å². The van der Waals surface area contributed by atoms with Crippen molar-refractivity contribution in [1.82, 2.24) is 4.41 Å². The molecule has 0 aromatic heterocycles. The quantitative estimate of drug-likeness (QED) is 0.541. The average Bonchev–Trinajstić information content (AvgIpc) is 2.63. The zero-order valence-electron chi connectivity index (χ0n) is 16.1. The molecule has 2 aliphatic carbocycles. The van der Waals surface area contributed by atoms with E-state index in [9.17, 15) is 8.42 Å². The molecule has 0 aromatic rings. The molecular weight excluding hydrogens is 332 g/mol. The van der Waals surface area contributed by atoms with Crippen LogP contribution in [0.25, 0.3) is 0 Å². The number of rotatable bonds is 3. The smallest absolute Gasteiger partial charge is 0.229 e. The molecule has 2 saturated carbocycles. The highest BCUT2D eigenvalue weighted by atomic mass is 32.2. The van der Waals surface area contributed by atoms with Crippen LogP contribution >= 0.6 is 0 Å². The van der Waals surface area contributed by atoms with Crippen LogP contribution in [0.5, 0.6) is 0 Å². The predicted molar refractivity (Wildman–Crippen MR) is 106 cm³/mol. The Morgan fingerprint density at radius 3 is 1.28 bits per heavy atom. The van der Waals surface area contributed by atoms with Crippen molar-refractivity contribution in [1.29, 1.82) is 0 Å². The summed E-state index contributed by atoms with van der Waals surface area (Å²) in [5.74, 6) is 6.27. The van der Waals surface area contributed by atoms with Crippen LogP contribution in [0.15, 0.2) is 0 Å². The molecule has 25 heavy (non-hydrogen) atoms. The summed E-state index contributed by atoms with van der Waals surface area (Å²) in [6, 6.07) is 0.0125. The number of nitrogens with two attached hydrogens (primary N) is 1. The van der Waals surface area contributed by atoms with Gasteiger partial charge in [0.05, 0.1) is 5.25 Å². The van der Waals surface area contributed by atoms with Gasteiger partial charge in [0.15, 0.2) is 0 Å². The molecule has 2 rings (SSSR count). The molecule has 0 saturated heterocycles. The van der Waals surface area contributed by atoms with Crippen LogP contribution in [-0.4, -0.2) is 24.1 Å². The molecule has 2 aliphatic rings. The molecule has 2 N–H and O–H groups in total. The van der Waals surface area contributed by atoms with Crippen molar-refractivity contribution in [3.63, 3.8) is 0 Å². The van der Waals surface area contributed by atoms with Gasteiger partial charge < -0.3 is 0 Å². The summed E-state index contributed by atoms with van der Waals surface area (Å²) in [5, 5.41) is -0.258. The zero-order chi connectivity index (χ0) is 18.0. The summed E-state index contributed by atoms with van der Waals surface area (Å²) in [5.41, 5.74) is 0. The summed E-state index contributed by atoms with van der Waals surface area (Å²) in [6.07, 6.45) is 20.2. The van der Waals surface area contributed by atoms with Crippen molar-refractivity contribution in [2.24, 2.45) is 5.84 Å². The SMILES string of the molecule is NN(C1CCCCCCCCC1)S(=O)(=O)C1CCCCCCCCC1. The monoisotopic (exact) mass is 372 g/mol. The summed E-state index contributed by atoms with van der Waals surface area (Å²) < 4.78 is 27.7. The maximum absolute atomic E-state index is 13.2. The van der Waals surface area contributed by atoms with Gasteiger partial charge in [0.25, 0.3) is 0 Å². The summed E-state index contributed by atoms with van der Waals surface area (Å²) >= 11 is 0. The van der Waals surface area contributed by atoms with Crippen LogP contribution in [0.3, 0.4) is 0 Å². The molecule has 2 fully saturated rings. The molecule has 0 aliphatic heterocycles. The van der Waals surface area contributed by atoms with E-state index in [1.165, 1.54) is 68.6 Å². The normalized spacial score (nSPS) is 24.9. The van der Waals surface area contributed by atoms with Gasteiger partial charge in [-0.3, -0.25) is 5.84 Å². The highest BCUT2D eigenvalue weighted by Crippen LogP contribution is 2.27. The first-order chi connectivity index (χ1) is 12.1. The third-order valence-corrected chi connectivity index (χ3v) is 8.40. The number of sulfonamides is 1. The Kier molecular flexibility index (Phi) is 9.79. The minimum absolute atomic E-state index is 0.0125. The lowest BCUT2D eigenvalue weighted by molar-refractivity contribution is 0.272. The number of hydrogen-bond donors (Lipinski definition) is 1. The lowest BCUT2D eigenvalue weighted by Crippen LogP contribution is -2.49. The van der Waals surface area contributed by atoms with Crippen LogP contribution in [0.2, 0.25) is 0 Å². The fourth-order valence-corrected chi connectivity index (χ4v) is 6.39. The van der Waals surface area contributed by atoms with Crippen molar-refractivity contribution >= 4 is 10.0 Å². The zero-order valence-corrected chi connectivity index (χ0v) is 16.9. The van der Waals surface area contributed by atoms with Crippen LogP contribution in [0.1, 0.15) is 116 Å². The van der Waals surface area contributed by atoms with E-state index >= 15 is 0 Å². The Labute approximate surface area is 155 Å². The molecule has 0 heterocycles. The third-order valence-electron chi connectivity index (χ3n) is 6.20. The predicted octanol–water partition coefficient (Wildman–Crippen LogP) is 5.28. The van der Waals surface area contributed by atoms with Gasteiger partial charge in [-0.05, 0) is 25.7 Å². The maximum Gasteiger partial charge on any atom is 0.229 e. The molecule has 0 radical (unpaired) electrons. The van der Waals surface area contributed by atoms with Gasteiger partial charge in [0, 0.05) is 6.04 Å². The van der Waals surface area contributed by atoms with Gasteiger partial charge in [-0.15, -0.1) is 4.41 Å². The first-order valence-electron chi connectivity index (χ1n) is 10.9. The first kappa shape index (κ1) is 21.2. The first-order valence-corrected chi connectivity index (χ1v) is 12.4. The molecule has 148 valence electrons. The van der Waals surface area contributed by atoms with E-state index < -0.39 is 10.0 Å². The van der Waals surface area contributed by atoms with Gasteiger partial charge in [0.1, 0.15) is 0 Å². The Bertz CT molecular complexity index is 433. The summed E-state index contributed by atoms with van der Waals surface area (Å²) in [4.78, 5) is 0. The molecule has 5 heteroatoms. The van der Waals surface area contributed by atoms with E-state index in [1.807, 2.05) is 0 Å². The molecule has 0 aromatic carbocycles. The van der Waals surface area contributed by atoms with Crippen LogP contribution in [-0.2, 0) is 10.0 Å². The van der Waals surface area contributed by atoms with E-state index in [0.717, 1.165) is 51.4 Å². The minimum atomic E-state index is -3.37. The Morgan fingerprint density at radius 2 is 0.880 bits per heavy atom. The lowest BCUT2D eigenvalue weighted by atomic mass is 9.98. The van der Waals surface area contributed by atoms with Crippen molar-refractivity contribution in [2.75, 3.05) is 0 Å². The second kappa shape index (κ2) is 11.6. The van der Waals surface area contributed by atoms with Gasteiger partial charge >= 0.3 is 0 Å². The molecule has 4 nitrogen and oxygen atoms in total. The van der Waals surface area contributed by atoms with Gasteiger partial charge in [-0.2, -0.15) is 0 Å². The number of hydrogen-bond acceptors (Lipinski definition) is 3. The average molecular weight is 373 g/mol. The molecule has 0 spiro atoms. The van der Waals surface area contributed by atoms with E-state index in [1.54, 1.807) is 0 Å². The molecular formula is C20H40N2O2S. The van der Waals surface area contributed by atoms with Crippen molar-refractivity contribution < 1.29 is 8.42 Å². The highest BCUT2D eigenvalue weighted by Gasteiger charge is 2.34. The molecule has 0 bridgehead atoms. The van der Waals surface area contributed by atoms with Crippen LogP contribution in [0.4, 0.5) is 0 Å². The lowest BCUT2D eigenvalue weighted by Gasteiger charge is -2.31. The summed E-state index contributed by atoms with van der Waals surface area (Å²) in [7, 11) is -3.37. The van der Waals surface area contributed by atoms with Crippen LogP contribution in [0, 0.1) is 0 Å². The fourth-order valence-electron chi connectivity index (χ4n) is 4.49. The molecule has 0 amide bonds. The van der Waals surface area contributed by atoms with E-state index in [-0.39, 0.29) is 11.3 Å². The summed E-state index contributed by atoms with van der Waals surface area (Å²) in [6.45, 7) is 0. The third kappa shape index (κ3) is 7.18. The van der Waals surface area contributed by atoms with E-state index in [4.69, 9.17) is 5.84 Å². The van der Waals surface area contributed by atoms with Gasteiger partial charge in [-0.25, -0.2) is 8.42 Å². The largest absolute Gasteiger partial charge is 0.255 e. The van der Waals surface area contributed by atoms with Crippen molar-refractivity contribution in [3.8, 4) is 0 Å². The second-order valence-corrected chi connectivity index (χ2v) is 10.4. The molecule has 0 unspecified atom stereocenters. The van der Waals surface area contributed by atoms with Crippen molar-refractivity contribution in [3.05, 3.63) is 0 Å². The topological polar surface area (TPSA) is 63.4 Å². The van der Waals surface area contributed by atoms with Gasteiger partial charge in [0.2, 0.25) is 10.0 Å². The highest BCUT2D eigenvalue weighted by molar-refractivity contribution is 7.89. The Hall–Kier alpha value is -0.130. The Morgan fingerprint density at radius 1 is 0.560 bits per heavy atom. The second-order valence-electron chi connectivity index (χ2n) is 8.26. The molecule has 0 atom stereocenters. The maximum atomic E-state index is 13.2. The number of hydrazine groups is 1. The van der Waals surface area contributed by atoms with Gasteiger partial charge in [-0.1, -0.05) is 89.9 Å². The number of nitrogens with zero attached hydrogens (tertiary/aromatic N) is 1. The standard InChI is InChI=1S/C20H40N2O2S/c21-22(19-15-11-7-3-1-4-8-12-16-19)25(23,24)20-17-13-9-5-2-6-10-14-18-20/h19-20H,1-18,21H2. The van der Waals surface area contributed by atoms with E-state index in [2.05, 4.69) is 0 Å². The van der Waals surface area contributed by atoms with E-state index in [0.29, 0.717) is 0 Å². The fraction of sp³-hybridized carbons (Fsp3) is 1.00. The minimum Gasteiger partial charge on any atom is -0.255 e. The van der Waals surface area contributed by atoms with Crippen LogP contribution < -0.4 is 5.84 Å². The Balaban J connectivity index is 1.99.